The van der Waals surface area contributed by atoms with E-state index in [2.05, 4.69) is 5.32 Å². The molecule has 148 valence electrons. The molecule has 0 aromatic heterocycles. The van der Waals surface area contributed by atoms with E-state index in [1.807, 2.05) is 0 Å². The quantitative estimate of drug-likeness (QED) is 0.781. The van der Waals surface area contributed by atoms with Gasteiger partial charge in [0.15, 0.2) is 0 Å². The fourth-order valence-corrected chi connectivity index (χ4v) is 3.60. The Labute approximate surface area is 154 Å². The first-order valence-electron chi connectivity index (χ1n) is 9.22. The van der Waals surface area contributed by atoms with Crippen molar-refractivity contribution in [1.29, 1.82) is 0 Å². The number of carbonyl (C=O) groups is 2. The van der Waals surface area contributed by atoms with E-state index in [1.165, 1.54) is 12.1 Å². The molecule has 1 N–H and O–H groups in total. The van der Waals surface area contributed by atoms with Gasteiger partial charge in [0.2, 0.25) is 5.91 Å². The largest absolute Gasteiger partial charge is 0.471 e. The highest BCUT2D eigenvalue weighted by molar-refractivity contribution is 5.91. The summed E-state index contributed by atoms with van der Waals surface area (Å²) in [5.41, 5.74) is 0.175. The minimum Gasteiger partial charge on any atom is -0.351 e. The first-order valence-corrected chi connectivity index (χ1v) is 9.22. The van der Waals surface area contributed by atoms with E-state index < -0.39 is 35.9 Å². The molecule has 0 spiro atoms. The normalized spacial score (nSPS) is 19.4. The number of hydrogen-bond acceptors (Lipinski definition) is 2. The fourth-order valence-electron chi connectivity index (χ4n) is 3.60. The Morgan fingerprint density at radius 3 is 2.11 bits per heavy atom. The summed E-state index contributed by atoms with van der Waals surface area (Å²) >= 11 is 0. The molecule has 2 aliphatic carbocycles. The van der Waals surface area contributed by atoms with Gasteiger partial charge in [-0.15, -0.1) is 0 Å². The lowest BCUT2D eigenvalue weighted by atomic mass is 9.94. The maximum absolute atomic E-state index is 13.3. The van der Waals surface area contributed by atoms with Crippen LogP contribution in [0, 0.1) is 5.82 Å². The smallest absolute Gasteiger partial charge is 0.351 e. The van der Waals surface area contributed by atoms with Crippen LogP contribution in [-0.4, -0.2) is 35.0 Å². The molecule has 0 bridgehead atoms. The van der Waals surface area contributed by atoms with Crippen LogP contribution < -0.4 is 5.32 Å². The molecule has 0 saturated heterocycles. The average molecular weight is 386 g/mol. The summed E-state index contributed by atoms with van der Waals surface area (Å²) in [6.45, 7) is 0. The fraction of sp³-hybridized carbons (Fsp3) is 0.579. The summed E-state index contributed by atoms with van der Waals surface area (Å²) in [6, 6.07) is 2.52. The summed E-state index contributed by atoms with van der Waals surface area (Å²) in [6.07, 6.45) is 0.226. The van der Waals surface area contributed by atoms with Crippen molar-refractivity contribution >= 4 is 11.8 Å². The molecule has 0 heterocycles. The van der Waals surface area contributed by atoms with Gasteiger partial charge in [-0.25, -0.2) is 4.39 Å². The maximum atomic E-state index is 13.3. The van der Waals surface area contributed by atoms with Crippen LogP contribution in [0.15, 0.2) is 24.3 Å². The number of halogens is 4. The molecule has 2 saturated carbocycles. The molecule has 0 aliphatic heterocycles. The minimum atomic E-state index is -5.08. The summed E-state index contributed by atoms with van der Waals surface area (Å²) in [5, 5.41) is 2.81. The topological polar surface area (TPSA) is 49.4 Å². The number of amides is 2. The lowest BCUT2D eigenvalue weighted by molar-refractivity contribution is -0.189. The van der Waals surface area contributed by atoms with Gasteiger partial charge >= 0.3 is 12.1 Å². The van der Waals surface area contributed by atoms with Crippen molar-refractivity contribution in [2.24, 2.45) is 0 Å². The number of hydrogen-bond donors (Lipinski definition) is 1. The average Bonchev–Trinajstić information content (AvgIpc) is 3.45. The molecule has 0 radical (unpaired) electrons. The van der Waals surface area contributed by atoms with Gasteiger partial charge in [-0.2, -0.15) is 13.2 Å². The van der Waals surface area contributed by atoms with Gasteiger partial charge in [0.1, 0.15) is 11.9 Å². The molecule has 4 nitrogen and oxygen atoms in total. The highest BCUT2D eigenvalue weighted by Gasteiger charge is 2.51. The van der Waals surface area contributed by atoms with Crippen molar-refractivity contribution in [3.63, 3.8) is 0 Å². The standard InChI is InChI=1S/C19H22F4N2O2/c20-13-8-6-12(7-9-13)16(17(26)24-14-4-2-1-3-5-14)25(15-10-11-15)18(27)19(21,22)23/h6-9,14-16H,1-5,10-11H2,(H,24,26). The molecule has 2 amide bonds. The van der Waals surface area contributed by atoms with Gasteiger partial charge in [0.25, 0.3) is 0 Å². The number of nitrogens with one attached hydrogen (secondary N) is 1. The van der Waals surface area contributed by atoms with E-state index in [9.17, 15) is 27.2 Å². The monoisotopic (exact) mass is 386 g/mol. The van der Waals surface area contributed by atoms with E-state index in [1.54, 1.807) is 0 Å². The van der Waals surface area contributed by atoms with Gasteiger partial charge in [-0.3, -0.25) is 9.59 Å². The van der Waals surface area contributed by atoms with Crippen LogP contribution in [0.1, 0.15) is 56.6 Å². The second-order valence-corrected chi connectivity index (χ2v) is 7.24. The third kappa shape index (κ3) is 4.78. The molecule has 1 aromatic rings. The molecule has 1 unspecified atom stereocenters. The molecule has 1 aromatic carbocycles. The number of rotatable bonds is 5. The van der Waals surface area contributed by atoms with Crippen molar-refractivity contribution in [3.8, 4) is 0 Å². The zero-order valence-corrected chi connectivity index (χ0v) is 14.8. The Bertz CT molecular complexity index is 680. The van der Waals surface area contributed by atoms with Crippen molar-refractivity contribution in [2.45, 2.75) is 69.2 Å². The molecule has 1 atom stereocenters. The number of nitrogens with zero attached hydrogens (tertiary/aromatic N) is 1. The number of alkyl halides is 3. The predicted molar refractivity (Wildman–Crippen MR) is 90.1 cm³/mol. The van der Waals surface area contributed by atoms with Crippen LogP contribution in [0.2, 0.25) is 0 Å². The zero-order valence-electron chi connectivity index (χ0n) is 14.8. The zero-order chi connectivity index (χ0) is 19.6. The van der Waals surface area contributed by atoms with Gasteiger partial charge in [-0.05, 0) is 43.4 Å². The van der Waals surface area contributed by atoms with Crippen LogP contribution in [0.3, 0.4) is 0 Å². The summed E-state index contributed by atoms with van der Waals surface area (Å²) in [4.78, 5) is 25.6. The maximum Gasteiger partial charge on any atom is 0.471 e. The van der Waals surface area contributed by atoms with Crippen LogP contribution in [-0.2, 0) is 9.59 Å². The van der Waals surface area contributed by atoms with Gasteiger partial charge < -0.3 is 10.2 Å². The van der Waals surface area contributed by atoms with Crippen molar-refractivity contribution < 1.29 is 27.2 Å². The third-order valence-electron chi connectivity index (χ3n) is 5.08. The number of benzene rings is 1. The second-order valence-electron chi connectivity index (χ2n) is 7.24. The highest BCUT2D eigenvalue weighted by Crippen LogP contribution is 2.38. The lowest BCUT2D eigenvalue weighted by Gasteiger charge is -2.33. The Hall–Kier alpha value is -2.12. The molecule has 3 rings (SSSR count). The van der Waals surface area contributed by atoms with E-state index in [-0.39, 0.29) is 11.6 Å². The van der Waals surface area contributed by atoms with Crippen molar-refractivity contribution in [2.75, 3.05) is 0 Å². The van der Waals surface area contributed by atoms with E-state index in [4.69, 9.17) is 0 Å². The Balaban J connectivity index is 1.91. The second kappa shape index (κ2) is 7.86. The molecule has 2 fully saturated rings. The summed E-state index contributed by atoms with van der Waals surface area (Å²) in [5.74, 6) is -3.23. The molecule has 27 heavy (non-hydrogen) atoms. The molecule has 8 heteroatoms. The minimum absolute atomic E-state index is 0.115. The SMILES string of the molecule is O=C(NC1CCCCC1)C(c1ccc(F)cc1)N(C(=O)C(F)(F)F)C1CC1. The van der Waals surface area contributed by atoms with Crippen LogP contribution >= 0.6 is 0 Å². The number of carbonyl (C=O) groups excluding carboxylic acids is 2. The summed E-state index contributed by atoms with van der Waals surface area (Å²) in [7, 11) is 0. The van der Waals surface area contributed by atoms with E-state index in [0.29, 0.717) is 17.7 Å². The van der Waals surface area contributed by atoms with E-state index in [0.717, 1.165) is 44.2 Å². The summed E-state index contributed by atoms with van der Waals surface area (Å²) < 4.78 is 52.8. The van der Waals surface area contributed by atoms with Crippen LogP contribution in [0.5, 0.6) is 0 Å². The first kappa shape index (κ1) is 19.6. The van der Waals surface area contributed by atoms with Crippen molar-refractivity contribution in [3.05, 3.63) is 35.6 Å². The Morgan fingerprint density at radius 2 is 1.59 bits per heavy atom. The Morgan fingerprint density at radius 1 is 1.00 bits per heavy atom. The molecular formula is C19H22F4N2O2. The Kier molecular flexibility index (Phi) is 5.72. The van der Waals surface area contributed by atoms with E-state index >= 15 is 0 Å². The third-order valence-corrected chi connectivity index (χ3v) is 5.08. The lowest BCUT2D eigenvalue weighted by Crippen LogP contribution is -2.51. The van der Waals surface area contributed by atoms with Gasteiger partial charge in [0.05, 0.1) is 0 Å². The first-order chi connectivity index (χ1) is 12.8. The van der Waals surface area contributed by atoms with Crippen LogP contribution in [0.25, 0.3) is 0 Å². The van der Waals surface area contributed by atoms with Gasteiger partial charge in [-0.1, -0.05) is 31.4 Å². The van der Waals surface area contributed by atoms with Crippen molar-refractivity contribution in [1.82, 2.24) is 10.2 Å². The van der Waals surface area contributed by atoms with Crippen LogP contribution in [0.4, 0.5) is 17.6 Å². The molecule has 2 aliphatic rings. The van der Waals surface area contributed by atoms with Gasteiger partial charge in [0, 0.05) is 12.1 Å². The molecular weight excluding hydrogens is 364 g/mol. The predicted octanol–water partition coefficient (Wildman–Crippen LogP) is 3.87. The highest BCUT2D eigenvalue weighted by atomic mass is 19.4.